The fraction of sp³-hybridized carbons (Fsp3) is 0.429. The van der Waals surface area contributed by atoms with Gasteiger partial charge in [0.25, 0.3) is 0 Å². The second-order valence-electron chi connectivity index (χ2n) is 4.64. The maximum absolute atomic E-state index is 4.47. The van der Waals surface area contributed by atoms with Crippen LogP contribution in [0.2, 0.25) is 0 Å². The molecule has 2 aromatic heterocycles. The summed E-state index contributed by atoms with van der Waals surface area (Å²) in [5.74, 6) is 0.920. The first-order chi connectivity index (χ1) is 9.20. The summed E-state index contributed by atoms with van der Waals surface area (Å²) in [6.07, 6.45) is 4.71. The first kappa shape index (κ1) is 14.0. The maximum atomic E-state index is 4.47. The number of hydrogen-bond donors (Lipinski definition) is 1. The highest BCUT2D eigenvalue weighted by atomic mass is 32.1. The van der Waals surface area contributed by atoms with Crippen molar-refractivity contribution in [2.24, 2.45) is 0 Å². The molecule has 0 saturated heterocycles. The second-order valence-corrected chi connectivity index (χ2v) is 5.67. The Labute approximate surface area is 118 Å². The third kappa shape index (κ3) is 3.75. The molecule has 4 nitrogen and oxygen atoms in total. The molecule has 0 aliphatic carbocycles. The van der Waals surface area contributed by atoms with E-state index in [0.717, 1.165) is 24.5 Å². The average Bonchev–Trinajstić information content (AvgIpc) is 2.92. The summed E-state index contributed by atoms with van der Waals surface area (Å²) < 4.78 is 0. The van der Waals surface area contributed by atoms with Gasteiger partial charge in [0, 0.05) is 30.9 Å². The van der Waals surface area contributed by atoms with E-state index in [1.54, 1.807) is 11.3 Å². The lowest BCUT2D eigenvalue weighted by Crippen LogP contribution is -2.31. The minimum absolute atomic E-state index is 0.406. The molecule has 0 aliphatic rings. The number of thiophene rings is 1. The van der Waals surface area contributed by atoms with Crippen LogP contribution in [-0.2, 0) is 13.0 Å². The van der Waals surface area contributed by atoms with Crippen molar-refractivity contribution in [3.8, 4) is 0 Å². The summed E-state index contributed by atoms with van der Waals surface area (Å²) in [5, 5.41) is 5.19. The van der Waals surface area contributed by atoms with Gasteiger partial charge in [0.15, 0.2) is 0 Å². The lowest BCUT2D eigenvalue weighted by atomic mass is 10.2. The van der Waals surface area contributed by atoms with Crippen LogP contribution in [0.25, 0.3) is 0 Å². The fourth-order valence-corrected chi connectivity index (χ4v) is 2.71. The number of hydrogen-bond acceptors (Lipinski definition) is 5. The molecule has 19 heavy (non-hydrogen) atoms. The molecule has 1 atom stereocenters. The van der Waals surface area contributed by atoms with Crippen LogP contribution in [0.3, 0.4) is 0 Å². The molecule has 5 heteroatoms. The number of nitrogens with one attached hydrogen (secondary N) is 1. The predicted octanol–water partition coefficient (Wildman–Crippen LogP) is 2.32. The Morgan fingerprint density at radius 2 is 2.21 bits per heavy atom. The van der Waals surface area contributed by atoms with Crippen molar-refractivity contribution >= 4 is 17.2 Å². The summed E-state index contributed by atoms with van der Waals surface area (Å²) in [6.45, 7) is 2.96. The van der Waals surface area contributed by atoms with Gasteiger partial charge < -0.3 is 10.2 Å². The van der Waals surface area contributed by atoms with Crippen LogP contribution in [-0.4, -0.2) is 30.1 Å². The Balaban J connectivity index is 1.99. The minimum Gasteiger partial charge on any atom is -0.355 e. The van der Waals surface area contributed by atoms with E-state index in [-0.39, 0.29) is 0 Å². The molecular formula is C14H20N4S. The van der Waals surface area contributed by atoms with Gasteiger partial charge in [-0.3, -0.25) is 4.98 Å². The van der Waals surface area contributed by atoms with Gasteiger partial charge in [-0.15, -0.1) is 11.3 Å². The van der Waals surface area contributed by atoms with Crippen molar-refractivity contribution in [3.63, 3.8) is 0 Å². The molecule has 0 fully saturated rings. The smallest absolute Gasteiger partial charge is 0.147 e. The van der Waals surface area contributed by atoms with Gasteiger partial charge in [0.05, 0.1) is 18.1 Å². The topological polar surface area (TPSA) is 41.1 Å². The van der Waals surface area contributed by atoms with Gasteiger partial charge in [-0.25, -0.2) is 4.98 Å². The highest BCUT2D eigenvalue weighted by molar-refractivity contribution is 7.09. The monoisotopic (exact) mass is 276 g/mol. The quantitative estimate of drug-likeness (QED) is 0.879. The van der Waals surface area contributed by atoms with E-state index in [2.05, 4.69) is 51.7 Å². The molecule has 0 bridgehead atoms. The Bertz CT molecular complexity index is 481. The van der Waals surface area contributed by atoms with Gasteiger partial charge in [-0.1, -0.05) is 6.07 Å². The molecule has 1 N–H and O–H groups in total. The van der Waals surface area contributed by atoms with Gasteiger partial charge in [-0.05, 0) is 25.4 Å². The lowest BCUT2D eigenvalue weighted by Gasteiger charge is -2.25. The van der Waals surface area contributed by atoms with Crippen molar-refractivity contribution in [3.05, 3.63) is 40.5 Å². The van der Waals surface area contributed by atoms with E-state index in [1.165, 1.54) is 4.88 Å². The number of likely N-dealkylation sites (N-methyl/N-ethyl adjacent to an activating group) is 1. The summed E-state index contributed by atoms with van der Waals surface area (Å²) in [5.41, 5.74) is 0.963. The molecule has 102 valence electrons. The van der Waals surface area contributed by atoms with Crippen molar-refractivity contribution in [1.29, 1.82) is 0 Å². The Kier molecular flexibility index (Phi) is 4.87. The minimum atomic E-state index is 0.406. The molecule has 0 radical (unpaired) electrons. The molecule has 2 heterocycles. The van der Waals surface area contributed by atoms with Crippen LogP contribution in [0.1, 0.15) is 17.5 Å². The van der Waals surface area contributed by atoms with Crippen molar-refractivity contribution in [2.45, 2.75) is 25.9 Å². The molecule has 2 rings (SSSR count). The SMILES string of the molecule is CNCc1cnc(N(C)C(C)Cc2cccs2)cn1. The zero-order valence-corrected chi connectivity index (χ0v) is 12.4. The van der Waals surface area contributed by atoms with Crippen molar-refractivity contribution < 1.29 is 0 Å². The van der Waals surface area contributed by atoms with E-state index in [9.17, 15) is 0 Å². The first-order valence-electron chi connectivity index (χ1n) is 6.41. The molecule has 0 amide bonds. The Morgan fingerprint density at radius 1 is 1.37 bits per heavy atom. The Hall–Kier alpha value is -1.46. The zero-order chi connectivity index (χ0) is 13.7. The maximum Gasteiger partial charge on any atom is 0.147 e. The lowest BCUT2D eigenvalue weighted by molar-refractivity contribution is 0.676. The molecule has 0 saturated carbocycles. The van der Waals surface area contributed by atoms with Gasteiger partial charge in [0.2, 0.25) is 0 Å². The van der Waals surface area contributed by atoms with E-state index in [4.69, 9.17) is 0 Å². The van der Waals surface area contributed by atoms with E-state index in [0.29, 0.717) is 6.04 Å². The normalized spacial score (nSPS) is 12.4. The van der Waals surface area contributed by atoms with Crippen molar-refractivity contribution in [2.75, 3.05) is 19.0 Å². The number of nitrogens with zero attached hydrogens (tertiary/aromatic N) is 3. The summed E-state index contributed by atoms with van der Waals surface area (Å²) in [6, 6.07) is 4.68. The summed E-state index contributed by atoms with van der Waals surface area (Å²) in [7, 11) is 3.98. The predicted molar refractivity (Wildman–Crippen MR) is 80.7 cm³/mol. The standard InChI is InChI=1S/C14H20N4S/c1-11(7-13-5-4-6-19-13)18(3)14-10-16-12(8-15-2)9-17-14/h4-6,9-11,15H,7-8H2,1-3H3. The first-order valence-corrected chi connectivity index (χ1v) is 7.29. The Morgan fingerprint density at radius 3 is 2.79 bits per heavy atom. The van der Waals surface area contributed by atoms with Gasteiger partial charge in [-0.2, -0.15) is 0 Å². The van der Waals surface area contributed by atoms with Crippen LogP contribution in [0.4, 0.5) is 5.82 Å². The van der Waals surface area contributed by atoms with Crippen molar-refractivity contribution in [1.82, 2.24) is 15.3 Å². The summed E-state index contributed by atoms with van der Waals surface area (Å²) >= 11 is 1.80. The van der Waals surface area contributed by atoms with Crippen LogP contribution in [0.15, 0.2) is 29.9 Å². The number of aromatic nitrogens is 2. The zero-order valence-electron chi connectivity index (χ0n) is 11.6. The number of rotatable bonds is 6. The van der Waals surface area contributed by atoms with E-state index in [1.807, 2.05) is 19.4 Å². The van der Waals surface area contributed by atoms with Crippen LogP contribution in [0, 0.1) is 0 Å². The third-order valence-corrected chi connectivity index (χ3v) is 4.05. The highest BCUT2D eigenvalue weighted by Crippen LogP contribution is 2.17. The second kappa shape index (κ2) is 6.63. The molecule has 0 aliphatic heterocycles. The van der Waals surface area contributed by atoms with Crippen LogP contribution < -0.4 is 10.2 Å². The number of anilines is 1. The average molecular weight is 276 g/mol. The largest absolute Gasteiger partial charge is 0.355 e. The highest BCUT2D eigenvalue weighted by Gasteiger charge is 2.12. The molecule has 2 aromatic rings. The molecule has 0 aromatic carbocycles. The molecule has 0 spiro atoms. The molecule has 1 unspecified atom stereocenters. The van der Waals surface area contributed by atoms with Gasteiger partial charge in [0.1, 0.15) is 5.82 Å². The fourth-order valence-electron chi connectivity index (χ4n) is 1.89. The van der Waals surface area contributed by atoms with E-state index < -0.39 is 0 Å². The summed E-state index contributed by atoms with van der Waals surface area (Å²) in [4.78, 5) is 12.5. The van der Waals surface area contributed by atoms with Gasteiger partial charge >= 0.3 is 0 Å². The third-order valence-electron chi connectivity index (χ3n) is 3.15. The van der Waals surface area contributed by atoms with Crippen LogP contribution >= 0.6 is 11.3 Å². The van der Waals surface area contributed by atoms with E-state index >= 15 is 0 Å². The molecular weight excluding hydrogens is 256 g/mol. The van der Waals surface area contributed by atoms with Crippen LogP contribution in [0.5, 0.6) is 0 Å².